The number of carbonyl (C=O) groups is 1. The molecule has 0 saturated heterocycles. The summed E-state index contributed by atoms with van der Waals surface area (Å²) in [6.07, 6.45) is 1.63. The van der Waals surface area contributed by atoms with Gasteiger partial charge in [0.05, 0.1) is 5.60 Å². The molecule has 0 fully saturated rings. The molecule has 0 aliphatic carbocycles. The smallest absolute Gasteiger partial charge is 0.315 e. The maximum Gasteiger partial charge on any atom is 0.315 e. The van der Waals surface area contributed by atoms with E-state index in [2.05, 4.69) is 10.6 Å². The Morgan fingerprint density at radius 1 is 1.29 bits per heavy atom. The third kappa shape index (κ3) is 5.85. The number of benzene rings is 1. The summed E-state index contributed by atoms with van der Waals surface area (Å²) in [4.78, 5) is 12.4. The molecular formula is C15H24N2O3S. The van der Waals surface area contributed by atoms with E-state index in [0.717, 1.165) is 10.5 Å². The fourth-order valence-corrected chi connectivity index (χ4v) is 2.03. The summed E-state index contributed by atoms with van der Waals surface area (Å²) in [6.45, 7) is 6.08. The highest BCUT2D eigenvalue weighted by Gasteiger charge is 2.25. The van der Waals surface area contributed by atoms with E-state index in [4.69, 9.17) is 0 Å². The zero-order valence-electron chi connectivity index (χ0n) is 13.0. The van der Waals surface area contributed by atoms with Crippen molar-refractivity contribution in [1.82, 2.24) is 10.6 Å². The van der Waals surface area contributed by atoms with Gasteiger partial charge in [0.15, 0.2) is 0 Å². The number of hydrogen-bond donors (Lipinski definition) is 3. The molecule has 1 aromatic rings. The van der Waals surface area contributed by atoms with Crippen LogP contribution in [0, 0.1) is 5.92 Å². The number of nitrogens with one attached hydrogen (secondary N) is 2. The van der Waals surface area contributed by atoms with E-state index in [1.54, 1.807) is 25.3 Å². The fourth-order valence-electron chi connectivity index (χ4n) is 1.51. The maximum atomic E-state index is 11.7. The van der Waals surface area contributed by atoms with Gasteiger partial charge in [-0.3, -0.25) is 4.21 Å². The monoisotopic (exact) mass is 312 g/mol. The summed E-state index contributed by atoms with van der Waals surface area (Å²) in [5, 5.41) is 15.4. The second-order valence-electron chi connectivity index (χ2n) is 5.65. The second-order valence-corrected chi connectivity index (χ2v) is 7.03. The molecule has 1 aromatic carbocycles. The summed E-state index contributed by atoms with van der Waals surface area (Å²) in [5.74, 6) is 0.0558. The van der Waals surface area contributed by atoms with E-state index < -0.39 is 16.4 Å². The molecule has 2 atom stereocenters. The van der Waals surface area contributed by atoms with Gasteiger partial charge in [0.25, 0.3) is 0 Å². The van der Waals surface area contributed by atoms with E-state index >= 15 is 0 Å². The lowest BCUT2D eigenvalue weighted by atomic mass is 9.93. The summed E-state index contributed by atoms with van der Waals surface area (Å²) in [6, 6.07) is 6.92. The summed E-state index contributed by atoms with van der Waals surface area (Å²) < 4.78 is 11.3. The van der Waals surface area contributed by atoms with Crippen LogP contribution in [0.2, 0.25) is 0 Å². The highest BCUT2D eigenvalue weighted by atomic mass is 32.2. The van der Waals surface area contributed by atoms with Crippen molar-refractivity contribution in [3.05, 3.63) is 29.8 Å². The lowest BCUT2D eigenvalue weighted by Crippen LogP contribution is -2.47. The molecule has 0 bridgehead atoms. The molecule has 3 N–H and O–H groups in total. The van der Waals surface area contributed by atoms with Crippen molar-refractivity contribution >= 4 is 16.8 Å². The van der Waals surface area contributed by atoms with E-state index in [9.17, 15) is 14.1 Å². The van der Waals surface area contributed by atoms with Crippen LogP contribution in [0.4, 0.5) is 4.79 Å². The van der Waals surface area contributed by atoms with Crippen LogP contribution in [0.5, 0.6) is 0 Å². The molecule has 0 aliphatic rings. The van der Waals surface area contributed by atoms with Crippen molar-refractivity contribution in [2.75, 3.05) is 12.8 Å². The average Bonchev–Trinajstić information content (AvgIpc) is 2.43. The minimum Gasteiger partial charge on any atom is -0.388 e. The van der Waals surface area contributed by atoms with Gasteiger partial charge in [-0.25, -0.2) is 4.79 Å². The molecular weight excluding hydrogens is 288 g/mol. The molecule has 0 saturated carbocycles. The third-order valence-electron chi connectivity index (χ3n) is 3.56. The summed E-state index contributed by atoms with van der Waals surface area (Å²) in [5.41, 5.74) is -0.000512. The fraction of sp³-hybridized carbons (Fsp3) is 0.533. The Hall–Kier alpha value is -1.40. The van der Waals surface area contributed by atoms with Gasteiger partial charge in [0, 0.05) is 35.0 Å². The van der Waals surface area contributed by atoms with Gasteiger partial charge in [-0.1, -0.05) is 26.0 Å². The zero-order valence-corrected chi connectivity index (χ0v) is 13.8. The van der Waals surface area contributed by atoms with Gasteiger partial charge in [0.2, 0.25) is 0 Å². The largest absolute Gasteiger partial charge is 0.388 e. The van der Waals surface area contributed by atoms with Gasteiger partial charge in [-0.15, -0.1) is 0 Å². The van der Waals surface area contributed by atoms with Crippen LogP contribution >= 0.6 is 0 Å². The SMILES string of the molecule is CC(C)C(C)(O)CNC(=O)NCc1ccc(S(C)=O)cc1. The van der Waals surface area contributed by atoms with Crippen LogP contribution in [0.3, 0.4) is 0 Å². The Balaban J connectivity index is 2.41. The Morgan fingerprint density at radius 3 is 2.33 bits per heavy atom. The van der Waals surface area contributed by atoms with Crippen LogP contribution in [0.15, 0.2) is 29.2 Å². The molecule has 0 aromatic heterocycles. The molecule has 0 spiro atoms. The lowest BCUT2D eigenvalue weighted by Gasteiger charge is -2.27. The number of aliphatic hydroxyl groups is 1. The van der Waals surface area contributed by atoms with E-state index in [0.29, 0.717) is 6.54 Å². The maximum absolute atomic E-state index is 11.7. The van der Waals surface area contributed by atoms with Crippen LogP contribution < -0.4 is 10.6 Å². The van der Waals surface area contributed by atoms with Crippen LogP contribution in [0.25, 0.3) is 0 Å². The van der Waals surface area contributed by atoms with Crippen LogP contribution in [0.1, 0.15) is 26.3 Å². The number of amides is 2. The highest BCUT2D eigenvalue weighted by Crippen LogP contribution is 2.14. The standard InChI is InChI=1S/C15H24N2O3S/c1-11(2)15(3,19)10-17-14(18)16-9-12-5-7-13(8-6-12)21(4)20/h5-8,11,19H,9-10H2,1-4H3,(H2,16,17,18). The second kappa shape index (κ2) is 7.56. The Morgan fingerprint density at radius 2 is 1.86 bits per heavy atom. The third-order valence-corrected chi connectivity index (χ3v) is 4.50. The minimum atomic E-state index is -0.995. The molecule has 5 nitrogen and oxygen atoms in total. The zero-order chi connectivity index (χ0) is 16.0. The molecule has 2 amide bonds. The van der Waals surface area contributed by atoms with Gasteiger partial charge in [-0.05, 0) is 30.5 Å². The van der Waals surface area contributed by atoms with Crippen LogP contribution in [-0.4, -0.2) is 33.7 Å². The molecule has 6 heteroatoms. The first kappa shape index (κ1) is 17.7. The van der Waals surface area contributed by atoms with Gasteiger partial charge in [-0.2, -0.15) is 0 Å². The minimum absolute atomic E-state index is 0.0558. The van der Waals surface area contributed by atoms with E-state index in [1.165, 1.54) is 0 Å². The predicted octanol–water partition coefficient (Wildman–Crippen LogP) is 1.63. The quantitative estimate of drug-likeness (QED) is 0.747. The van der Waals surface area contributed by atoms with Crippen molar-refractivity contribution < 1.29 is 14.1 Å². The molecule has 21 heavy (non-hydrogen) atoms. The molecule has 0 heterocycles. The Labute approximate surface area is 128 Å². The van der Waals surface area contributed by atoms with Gasteiger partial charge in [0.1, 0.15) is 0 Å². The number of carbonyl (C=O) groups excluding carboxylic acids is 1. The summed E-state index contributed by atoms with van der Waals surface area (Å²) >= 11 is 0. The normalized spacial score (nSPS) is 15.3. The highest BCUT2D eigenvalue weighted by molar-refractivity contribution is 7.84. The molecule has 0 aliphatic heterocycles. The predicted molar refractivity (Wildman–Crippen MR) is 84.5 cm³/mol. The van der Waals surface area contributed by atoms with Crippen molar-refractivity contribution in [3.8, 4) is 0 Å². The number of hydrogen-bond acceptors (Lipinski definition) is 3. The van der Waals surface area contributed by atoms with Gasteiger partial charge < -0.3 is 15.7 Å². The lowest BCUT2D eigenvalue weighted by molar-refractivity contribution is 0.0166. The Bertz CT molecular complexity index is 498. The van der Waals surface area contributed by atoms with Crippen molar-refractivity contribution in [2.45, 2.75) is 37.8 Å². The molecule has 1 rings (SSSR count). The van der Waals surface area contributed by atoms with E-state index in [-0.39, 0.29) is 18.5 Å². The number of urea groups is 1. The van der Waals surface area contributed by atoms with Crippen molar-refractivity contribution in [3.63, 3.8) is 0 Å². The first-order chi connectivity index (χ1) is 9.72. The Kier molecular flexibility index (Phi) is 6.36. The molecule has 118 valence electrons. The summed E-state index contributed by atoms with van der Waals surface area (Å²) in [7, 11) is -0.995. The molecule has 2 unspecified atom stereocenters. The first-order valence-corrected chi connectivity index (χ1v) is 8.44. The topological polar surface area (TPSA) is 78.4 Å². The average molecular weight is 312 g/mol. The van der Waals surface area contributed by atoms with E-state index in [1.807, 2.05) is 26.0 Å². The van der Waals surface area contributed by atoms with Crippen molar-refractivity contribution in [2.24, 2.45) is 5.92 Å². The van der Waals surface area contributed by atoms with Crippen LogP contribution in [-0.2, 0) is 17.3 Å². The molecule has 0 radical (unpaired) electrons. The number of rotatable bonds is 6. The van der Waals surface area contributed by atoms with Gasteiger partial charge >= 0.3 is 6.03 Å². The van der Waals surface area contributed by atoms with Crippen molar-refractivity contribution in [1.29, 1.82) is 0 Å². The first-order valence-electron chi connectivity index (χ1n) is 6.89.